The first kappa shape index (κ1) is 33.6. The molecule has 0 spiro atoms. The Labute approximate surface area is 312 Å². The van der Waals surface area contributed by atoms with Gasteiger partial charge in [-0.25, -0.2) is 0 Å². The largest absolute Gasteiger partial charge is 0.309 e. The maximum Gasteiger partial charge on any atom is 0.0541 e. The molecule has 0 amide bonds. The van der Waals surface area contributed by atoms with Crippen LogP contribution in [0, 0.1) is 19.1 Å². The summed E-state index contributed by atoms with van der Waals surface area (Å²) in [6, 6.07) is 67.4. The van der Waals surface area contributed by atoms with E-state index in [1.165, 1.54) is 44.2 Å². The third kappa shape index (κ3) is 7.20. The van der Waals surface area contributed by atoms with Crippen molar-refractivity contribution in [3.05, 3.63) is 200 Å². The van der Waals surface area contributed by atoms with E-state index in [-0.39, 0.29) is 20.1 Å². The van der Waals surface area contributed by atoms with Crippen molar-refractivity contribution < 1.29 is 20.1 Å². The summed E-state index contributed by atoms with van der Waals surface area (Å²) < 4.78 is 2.35. The summed E-state index contributed by atoms with van der Waals surface area (Å²) >= 11 is 0. The van der Waals surface area contributed by atoms with Crippen LogP contribution in [0.4, 0.5) is 0 Å². The van der Waals surface area contributed by atoms with E-state index in [4.69, 9.17) is 0 Å². The Morgan fingerprint density at radius 3 is 1.88 bits per heavy atom. The molecule has 6 aromatic carbocycles. The second kappa shape index (κ2) is 15.3. The fourth-order valence-electron chi connectivity index (χ4n) is 6.42. The molecule has 4 heteroatoms. The second-order valence-corrected chi connectivity index (χ2v) is 12.1. The van der Waals surface area contributed by atoms with E-state index < -0.39 is 0 Å². The summed E-state index contributed by atoms with van der Waals surface area (Å²) in [5.74, 6) is 0. The van der Waals surface area contributed by atoms with E-state index in [0.717, 1.165) is 33.8 Å². The second-order valence-electron chi connectivity index (χ2n) is 12.1. The molecule has 3 heterocycles. The number of hydrogen-bond donors (Lipinski definition) is 0. The average molecular weight is 832 g/mol. The van der Waals surface area contributed by atoms with Gasteiger partial charge >= 0.3 is 0 Å². The van der Waals surface area contributed by atoms with E-state index in [9.17, 15) is 0 Å². The van der Waals surface area contributed by atoms with Gasteiger partial charge in [0.05, 0.1) is 11.0 Å². The third-order valence-electron chi connectivity index (χ3n) is 8.85. The zero-order valence-electron chi connectivity index (χ0n) is 28.0. The van der Waals surface area contributed by atoms with E-state index in [0.29, 0.717) is 0 Å². The van der Waals surface area contributed by atoms with Crippen molar-refractivity contribution in [2.75, 3.05) is 0 Å². The Hall–Kier alpha value is -5.93. The number of hydrogen-bond acceptors (Lipinski definition) is 2. The standard InChI is InChI=1S/C35H23N2.C12H10N.Ir/c1-2-11-30(12-3-1)37-34-15-5-4-13-31(34)32-24-28(20-21-35(32)37)26-18-16-25(17-19-26)27-9-8-10-29(23-27)33-14-6-7-22-36-33;1-10-6-5-9-12(13-10)11-7-3-2-4-8-11;/h1-9,11-24H;2-7,9H,1H3;/q2*-1;. The minimum atomic E-state index is 0. The number of benzene rings is 6. The summed E-state index contributed by atoms with van der Waals surface area (Å²) in [6.45, 7) is 1.99. The molecule has 247 valence electrons. The monoisotopic (exact) mass is 832 g/mol. The summed E-state index contributed by atoms with van der Waals surface area (Å²) in [6.07, 6.45) is 1.82. The third-order valence-corrected chi connectivity index (χ3v) is 8.85. The SMILES string of the molecule is Cc1cccc(-c2[c-]cccc2)n1.[Ir].[c-]1ccc(-c2ccc(-c3ccc4c(c3)c3ccccc3n4-c3ccccc3)cc2)cc1-c1ccccn1. The molecule has 9 aromatic rings. The molecule has 0 bridgehead atoms. The van der Waals surface area contributed by atoms with Gasteiger partial charge in [0, 0.05) is 48.5 Å². The maximum absolute atomic E-state index is 4.47. The van der Waals surface area contributed by atoms with Crippen LogP contribution in [-0.4, -0.2) is 14.5 Å². The normalized spacial score (nSPS) is 10.7. The first-order chi connectivity index (χ1) is 24.7. The van der Waals surface area contributed by atoms with Gasteiger partial charge in [0.15, 0.2) is 0 Å². The Morgan fingerprint density at radius 1 is 0.471 bits per heavy atom. The van der Waals surface area contributed by atoms with Crippen LogP contribution in [0.15, 0.2) is 182 Å². The van der Waals surface area contributed by atoms with Crippen molar-refractivity contribution in [2.24, 2.45) is 0 Å². The van der Waals surface area contributed by atoms with Crippen molar-refractivity contribution in [1.29, 1.82) is 0 Å². The minimum absolute atomic E-state index is 0. The molecule has 51 heavy (non-hydrogen) atoms. The molecule has 0 aliphatic rings. The molecule has 3 aromatic heterocycles. The topological polar surface area (TPSA) is 30.7 Å². The molecule has 0 atom stereocenters. The van der Waals surface area contributed by atoms with E-state index in [2.05, 4.69) is 136 Å². The van der Waals surface area contributed by atoms with Gasteiger partial charge in [0.1, 0.15) is 0 Å². The average Bonchev–Trinajstić information content (AvgIpc) is 3.53. The van der Waals surface area contributed by atoms with Crippen molar-refractivity contribution in [1.82, 2.24) is 14.5 Å². The van der Waals surface area contributed by atoms with E-state index >= 15 is 0 Å². The van der Waals surface area contributed by atoms with Crippen LogP contribution in [0.2, 0.25) is 0 Å². The zero-order chi connectivity index (χ0) is 33.7. The Morgan fingerprint density at radius 2 is 1.14 bits per heavy atom. The van der Waals surface area contributed by atoms with Gasteiger partial charge in [-0.3, -0.25) is 0 Å². The first-order valence-corrected chi connectivity index (χ1v) is 16.7. The Kier molecular flexibility index (Phi) is 10.1. The molecule has 0 aliphatic heterocycles. The Balaban J connectivity index is 0.000000245. The van der Waals surface area contributed by atoms with E-state index in [1.807, 2.05) is 79.9 Å². The van der Waals surface area contributed by atoms with Crippen molar-refractivity contribution >= 4 is 21.8 Å². The summed E-state index contributed by atoms with van der Waals surface area (Å²) in [4.78, 5) is 8.88. The fourth-order valence-corrected chi connectivity index (χ4v) is 6.42. The van der Waals surface area contributed by atoms with Gasteiger partial charge in [0.2, 0.25) is 0 Å². The van der Waals surface area contributed by atoms with Crippen LogP contribution in [0.3, 0.4) is 0 Å². The van der Waals surface area contributed by atoms with Gasteiger partial charge in [-0.15, -0.1) is 71.3 Å². The molecular formula is C47H33IrN3-2. The van der Waals surface area contributed by atoms with Crippen LogP contribution in [-0.2, 0) is 20.1 Å². The summed E-state index contributed by atoms with van der Waals surface area (Å²) in [7, 11) is 0. The van der Waals surface area contributed by atoms with Gasteiger partial charge in [-0.05, 0) is 77.5 Å². The van der Waals surface area contributed by atoms with Gasteiger partial charge in [-0.2, -0.15) is 0 Å². The quantitative estimate of drug-likeness (QED) is 0.162. The number of aryl methyl sites for hydroxylation is 1. The number of aromatic nitrogens is 3. The minimum Gasteiger partial charge on any atom is -0.309 e. The molecule has 1 radical (unpaired) electrons. The molecule has 0 unspecified atom stereocenters. The van der Waals surface area contributed by atoms with Gasteiger partial charge < -0.3 is 14.5 Å². The van der Waals surface area contributed by atoms with Crippen LogP contribution >= 0.6 is 0 Å². The van der Waals surface area contributed by atoms with E-state index in [1.54, 1.807) is 0 Å². The molecule has 0 saturated heterocycles. The molecule has 0 aliphatic carbocycles. The Bertz CT molecular complexity index is 2520. The predicted octanol–water partition coefficient (Wildman–Crippen LogP) is 11.8. The predicted molar refractivity (Wildman–Crippen MR) is 207 cm³/mol. The summed E-state index contributed by atoms with van der Waals surface area (Å²) in [5.41, 5.74) is 13.4. The van der Waals surface area contributed by atoms with Crippen LogP contribution in [0.5, 0.6) is 0 Å². The van der Waals surface area contributed by atoms with Gasteiger partial charge in [0.25, 0.3) is 0 Å². The first-order valence-electron chi connectivity index (χ1n) is 16.7. The zero-order valence-corrected chi connectivity index (χ0v) is 30.4. The fraction of sp³-hybridized carbons (Fsp3) is 0.0213. The smallest absolute Gasteiger partial charge is 0.0541 e. The van der Waals surface area contributed by atoms with Crippen LogP contribution < -0.4 is 0 Å². The molecule has 9 rings (SSSR count). The van der Waals surface area contributed by atoms with Crippen LogP contribution in [0.1, 0.15) is 5.69 Å². The van der Waals surface area contributed by atoms with Gasteiger partial charge in [-0.1, -0.05) is 91.0 Å². The maximum atomic E-state index is 4.47. The summed E-state index contributed by atoms with van der Waals surface area (Å²) in [5, 5.41) is 2.53. The van der Waals surface area contributed by atoms with Crippen molar-refractivity contribution in [3.63, 3.8) is 0 Å². The molecule has 0 N–H and O–H groups in total. The molecule has 3 nitrogen and oxygen atoms in total. The molecule has 0 fully saturated rings. The number of nitrogens with zero attached hydrogens (tertiary/aromatic N) is 3. The number of pyridine rings is 2. The molecular weight excluding hydrogens is 799 g/mol. The van der Waals surface area contributed by atoms with Crippen molar-refractivity contribution in [3.8, 4) is 50.5 Å². The van der Waals surface area contributed by atoms with Crippen LogP contribution in [0.25, 0.3) is 72.3 Å². The number of fused-ring (bicyclic) bond motifs is 3. The van der Waals surface area contributed by atoms with Crippen molar-refractivity contribution in [2.45, 2.75) is 6.92 Å². The molecule has 0 saturated carbocycles. The number of rotatable bonds is 5. The number of para-hydroxylation sites is 2.